The fourth-order valence-electron chi connectivity index (χ4n) is 2.75. The fourth-order valence-corrected chi connectivity index (χ4v) is 3.21. The van der Waals surface area contributed by atoms with Gasteiger partial charge in [0, 0.05) is 12.7 Å². The van der Waals surface area contributed by atoms with Crippen molar-refractivity contribution in [1.29, 1.82) is 0 Å². The summed E-state index contributed by atoms with van der Waals surface area (Å²) in [4.78, 5) is 0. The summed E-state index contributed by atoms with van der Waals surface area (Å²) in [6.45, 7) is 0.671. The molecule has 2 unspecified atom stereocenters. The first-order valence-corrected chi connectivity index (χ1v) is 8.59. The Kier molecular flexibility index (Phi) is 4.18. The maximum Gasteiger partial charge on any atom is 0.534 e. The van der Waals surface area contributed by atoms with E-state index in [0.717, 1.165) is 24.8 Å². The molecule has 1 fully saturated rings. The summed E-state index contributed by atoms with van der Waals surface area (Å²) in [5.74, 6) is -0.0827. The molecule has 0 saturated carbocycles. The first-order chi connectivity index (χ1) is 10.8. The van der Waals surface area contributed by atoms with Crippen LogP contribution in [0.3, 0.4) is 0 Å². The Labute approximate surface area is 131 Å². The Morgan fingerprint density at radius 3 is 2.61 bits per heavy atom. The molecule has 2 atom stereocenters. The largest absolute Gasteiger partial charge is 0.534 e. The Balaban J connectivity index is 1.78. The van der Waals surface area contributed by atoms with E-state index in [1.807, 2.05) is 0 Å². The van der Waals surface area contributed by atoms with Crippen LogP contribution in [0.25, 0.3) is 0 Å². The van der Waals surface area contributed by atoms with E-state index in [4.69, 9.17) is 9.47 Å². The molecule has 2 aliphatic heterocycles. The maximum absolute atomic E-state index is 12.4. The van der Waals surface area contributed by atoms with Gasteiger partial charge in [-0.05, 0) is 37.3 Å². The van der Waals surface area contributed by atoms with Crippen LogP contribution in [0.15, 0.2) is 18.2 Å². The third-order valence-electron chi connectivity index (χ3n) is 3.88. The molecule has 9 heteroatoms. The monoisotopic (exact) mass is 352 g/mol. The molecule has 0 aliphatic carbocycles. The first-order valence-electron chi connectivity index (χ1n) is 7.18. The molecule has 5 nitrogen and oxygen atoms in total. The summed E-state index contributed by atoms with van der Waals surface area (Å²) in [6.07, 6.45) is 3.04. The summed E-state index contributed by atoms with van der Waals surface area (Å²) in [5.41, 5.74) is -4.67. The minimum atomic E-state index is -5.69. The van der Waals surface area contributed by atoms with Gasteiger partial charge in [-0.2, -0.15) is 21.6 Å². The van der Waals surface area contributed by atoms with Crippen molar-refractivity contribution in [2.75, 3.05) is 6.61 Å². The first kappa shape index (κ1) is 16.4. The quantitative estimate of drug-likeness (QED) is 0.618. The summed E-state index contributed by atoms with van der Waals surface area (Å²) in [5, 5.41) is 0. The predicted octanol–water partition coefficient (Wildman–Crippen LogP) is 2.79. The zero-order valence-electron chi connectivity index (χ0n) is 12.0. The molecule has 1 saturated heterocycles. The van der Waals surface area contributed by atoms with Gasteiger partial charge in [0.2, 0.25) is 0 Å². The number of fused-ring (bicyclic) bond motifs is 1. The predicted molar refractivity (Wildman–Crippen MR) is 73.8 cm³/mol. The van der Waals surface area contributed by atoms with Crippen molar-refractivity contribution in [3.8, 4) is 11.5 Å². The van der Waals surface area contributed by atoms with E-state index in [-0.39, 0.29) is 12.2 Å². The summed E-state index contributed by atoms with van der Waals surface area (Å²) in [6, 6.07) is 3.89. The maximum atomic E-state index is 12.4. The minimum Gasteiger partial charge on any atom is -0.487 e. The van der Waals surface area contributed by atoms with E-state index < -0.39 is 21.4 Å². The number of halogens is 3. The van der Waals surface area contributed by atoms with Crippen molar-refractivity contribution < 1.29 is 35.2 Å². The van der Waals surface area contributed by atoms with Gasteiger partial charge in [-0.25, -0.2) is 0 Å². The molecule has 128 valence electrons. The van der Waals surface area contributed by atoms with Crippen molar-refractivity contribution >= 4 is 10.1 Å². The zero-order chi connectivity index (χ0) is 16.7. The van der Waals surface area contributed by atoms with Gasteiger partial charge in [-0.15, -0.1) is 0 Å². The molecule has 0 bridgehead atoms. The molecule has 2 heterocycles. The van der Waals surface area contributed by atoms with Gasteiger partial charge in [0.05, 0.1) is 6.10 Å². The molecule has 3 rings (SSSR count). The Morgan fingerprint density at radius 2 is 1.96 bits per heavy atom. The molecule has 1 aromatic rings. The van der Waals surface area contributed by atoms with Crippen LogP contribution in [0.2, 0.25) is 0 Å². The van der Waals surface area contributed by atoms with Gasteiger partial charge in [-0.1, -0.05) is 6.07 Å². The highest BCUT2D eigenvalue weighted by Crippen LogP contribution is 2.36. The number of hydrogen-bond donors (Lipinski definition) is 0. The lowest BCUT2D eigenvalue weighted by Gasteiger charge is -2.30. The molecule has 0 N–H and O–H groups in total. The molecular weight excluding hydrogens is 337 g/mol. The van der Waals surface area contributed by atoms with Gasteiger partial charge < -0.3 is 13.7 Å². The molecule has 23 heavy (non-hydrogen) atoms. The van der Waals surface area contributed by atoms with E-state index in [1.165, 1.54) is 18.2 Å². The smallest absolute Gasteiger partial charge is 0.487 e. The number of rotatable bonds is 3. The molecule has 0 aromatic heterocycles. The topological polar surface area (TPSA) is 61.8 Å². The number of aryl methyl sites for hydroxylation is 1. The van der Waals surface area contributed by atoms with E-state index in [1.54, 1.807) is 0 Å². The average molecular weight is 352 g/mol. The zero-order valence-corrected chi connectivity index (χ0v) is 12.8. The van der Waals surface area contributed by atoms with E-state index in [0.29, 0.717) is 18.8 Å². The third kappa shape index (κ3) is 3.40. The number of hydrogen-bond acceptors (Lipinski definition) is 5. The van der Waals surface area contributed by atoms with Crippen LogP contribution >= 0.6 is 0 Å². The van der Waals surface area contributed by atoms with Crippen LogP contribution in [0.1, 0.15) is 24.8 Å². The normalized spacial score (nSPS) is 24.8. The van der Waals surface area contributed by atoms with Crippen molar-refractivity contribution in [3.05, 3.63) is 23.8 Å². The third-order valence-corrected chi connectivity index (χ3v) is 4.86. The molecule has 1 aromatic carbocycles. The van der Waals surface area contributed by atoms with Gasteiger partial charge in [0.1, 0.15) is 17.6 Å². The molecule has 2 aliphatic rings. The van der Waals surface area contributed by atoms with Crippen LogP contribution in [0.4, 0.5) is 13.2 Å². The van der Waals surface area contributed by atoms with Gasteiger partial charge in [0.15, 0.2) is 0 Å². The Hall–Kier alpha value is -1.48. The highest BCUT2D eigenvalue weighted by atomic mass is 32.2. The Morgan fingerprint density at radius 1 is 1.17 bits per heavy atom. The average Bonchev–Trinajstić information content (AvgIpc) is 2.99. The second-order valence-corrected chi connectivity index (χ2v) is 7.04. The van der Waals surface area contributed by atoms with Crippen molar-refractivity contribution in [1.82, 2.24) is 0 Å². The standard InChI is InChI=1S/C14H15F3O5S/c15-14(16,17)23(18,19)22-10-5-3-9-4-6-12(21-13(9)8-10)11-2-1-7-20-11/h3,5,8,11-12H,1-2,4,6-7H2. The van der Waals surface area contributed by atoms with Gasteiger partial charge in [0.25, 0.3) is 0 Å². The fraction of sp³-hybridized carbons (Fsp3) is 0.571. The van der Waals surface area contributed by atoms with Crippen molar-refractivity contribution in [3.63, 3.8) is 0 Å². The minimum absolute atomic E-state index is 0.0355. The van der Waals surface area contributed by atoms with Crippen LogP contribution in [0.5, 0.6) is 11.5 Å². The van der Waals surface area contributed by atoms with Crippen LogP contribution in [-0.2, 0) is 21.3 Å². The second kappa shape index (κ2) is 5.86. The van der Waals surface area contributed by atoms with Crippen LogP contribution in [-0.4, -0.2) is 32.7 Å². The summed E-state index contributed by atoms with van der Waals surface area (Å²) in [7, 11) is -5.69. The molecular formula is C14H15F3O5S. The molecule has 0 amide bonds. The van der Waals surface area contributed by atoms with Crippen LogP contribution in [0, 0.1) is 0 Å². The highest BCUT2D eigenvalue weighted by Gasteiger charge is 2.48. The van der Waals surface area contributed by atoms with Gasteiger partial charge in [-0.3, -0.25) is 0 Å². The van der Waals surface area contributed by atoms with E-state index in [2.05, 4.69) is 4.18 Å². The summed E-state index contributed by atoms with van der Waals surface area (Å²) < 4.78 is 74.7. The van der Waals surface area contributed by atoms with E-state index >= 15 is 0 Å². The highest BCUT2D eigenvalue weighted by molar-refractivity contribution is 7.88. The molecule has 0 spiro atoms. The lowest BCUT2D eigenvalue weighted by Crippen LogP contribution is -2.34. The number of benzene rings is 1. The van der Waals surface area contributed by atoms with Gasteiger partial charge >= 0.3 is 15.6 Å². The molecule has 0 radical (unpaired) electrons. The van der Waals surface area contributed by atoms with Crippen molar-refractivity contribution in [2.24, 2.45) is 0 Å². The Bertz CT molecular complexity index is 680. The second-order valence-electron chi connectivity index (χ2n) is 5.50. The summed E-state index contributed by atoms with van der Waals surface area (Å²) >= 11 is 0. The lowest BCUT2D eigenvalue weighted by molar-refractivity contribution is -0.0500. The SMILES string of the molecule is O=S(=O)(Oc1ccc2c(c1)OC(C1CCCO1)CC2)C(F)(F)F. The van der Waals surface area contributed by atoms with Crippen molar-refractivity contribution in [2.45, 2.75) is 43.4 Å². The number of alkyl halides is 3. The number of ether oxygens (including phenoxy) is 2. The lowest BCUT2D eigenvalue weighted by atomic mass is 9.98. The van der Waals surface area contributed by atoms with E-state index in [9.17, 15) is 21.6 Å². The van der Waals surface area contributed by atoms with Crippen LogP contribution < -0.4 is 8.92 Å².